The highest BCUT2D eigenvalue weighted by atomic mass is 79.9. The van der Waals surface area contributed by atoms with Gasteiger partial charge in [0.25, 0.3) is 0 Å². The second kappa shape index (κ2) is 5.84. The first-order valence-corrected chi connectivity index (χ1v) is 6.43. The van der Waals surface area contributed by atoms with Crippen molar-refractivity contribution in [2.75, 3.05) is 5.32 Å². The molecule has 0 unspecified atom stereocenters. The normalized spacial score (nSPS) is 10.2. The molecule has 0 heterocycles. The summed E-state index contributed by atoms with van der Waals surface area (Å²) in [6, 6.07) is 11.3. The topological polar surface area (TPSA) is 55.1 Å². The molecule has 0 radical (unpaired) electrons. The molecule has 19 heavy (non-hydrogen) atoms. The van der Waals surface area contributed by atoms with Gasteiger partial charge in [0.2, 0.25) is 5.91 Å². The number of carbonyl (C=O) groups is 1. The van der Waals surface area contributed by atoms with Gasteiger partial charge in [0, 0.05) is 22.3 Å². The van der Waals surface area contributed by atoms with Gasteiger partial charge in [-0.25, -0.2) is 4.39 Å². The molecule has 0 aliphatic rings. The highest BCUT2D eigenvalue weighted by Gasteiger charge is 2.03. The zero-order valence-corrected chi connectivity index (χ0v) is 11.6. The van der Waals surface area contributed by atoms with Crippen LogP contribution in [0.5, 0.6) is 0 Å². The maximum Gasteiger partial charge on any atom is 0.248 e. The van der Waals surface area contributed by atoms with Crippen LogP contribution in [0.15, 0.2) is 46.9 Å². The number of carbonyl (C=O) groups excluding carboxylic acids is 1. The second-order valence-corrected chi connectivity index (χ2v) is 4.89. The van der Waals surface area contributed by atoms with Gasteiger partial charge in [-0.3, -0.25) is 4.79 Å². The van der Waals surface area contributed by atoms with Crippen LogP contribution >= 0.6 is 15.9 Å². The van der Waals surface area contributed by atoms with Crippen molar-refractivity contribution in [2.24, 2.45) is 5.73 Å². The number of halogens is 2. The second-order valence-electron chi connectivity index (χ2n) is 4.03. The van der Waals surface area contributed by atoms with E-state index < -0.39 is 5.91 Å². The van der Waals surface area contributed by atoms with Crippen molar-refractivity contribution in [3.8, 4) is 0 Å². The molecule has 2 rings (SSSR count). The highest BCUT2D eigenvalue weighted by molar-refractivity contribution is 9.10. The summed E-state index contributed by atoms with van der Waals surface area (Å²) in [6.45, 7) is 0.480. The maximum atomic E-state index is 13.1. The fourth-order valence-corrected chi connectivity index (χ4v) is 2.02. The lowest BCUT2D eigenvalue weighted by Crippen LogP contribution is -2.10. The highest BCUT2D eigenvalue weighted by Crippen LogP contribution is 2.19. The molecule has 0 aliphatic carbocycles. The van der Waals surface area contributed by atoms with E-state index in [1.807, 2.05) is 0 Å². The minimum Gasteiger partial charge on any atom is -0.381 e. The predicted molar refractivity (Wildman–Crippen MR) is 76.4 cm³/mol. The predicted octanol–water partition coefficient (Wildman–Crippen LogP) is 3.30. The van der Waals surface area contributed by atoms with Crippen molar-refractivity contribution >= 4 is 27.5 Å². The molecule has 0 aliphatic heterocycles. The first-order valence-electron chi connectivity index (χ1n) is 5.64. The number of nitrogens with one attached hydrogen (secondary N) is 1. The molecule has 0 aromatic heterocycles. The van der Waals surface area contributed by atoms with Gasteiger partial charge in [0.1, 0.15) is 5.82 Å². The van der Waals surface area contributed by atoms with Crippen LogP contribution in [0.25, 0.3) is 0 Å². The van der Waals surface area contributed by atoms with E-state index in [9.17, 15) is 9.18 Å². The van der Waals surface area contributed by atoms with Gasteiger partial charge >= 0.3 is 0 Å². The molecule has 98 valence electrons. The minimum absolute atomic E-state index is 0.274. The summed E-state index contributed by atoms with van der Waals surface area (Å²) in [5.41, 5.74) is 7.27. The van der Waals surface area contributed by atoms with E-state index in [2.05, 4.69) is 21.2 Å². The van der Waals surface area contributed by atoms with E-state index in [1.165, 1.54) is 12.1 Å². The number of anilines is 1. The third-order valence-electron chi connectivity index (χ3n) is 2.66. The van der Waals surface area contributed by atoms with Crippen molar-refractivity contribution in [3.63, 3.8) is 0 Å². The molecule has 3 N–H and O–H groups in total. The fraction of sp³-hybridized carbons (Fsp3) is 0.0714. The summed E-state index contributed by atoms with van der Waals surface area (Å²) >= 11 is 3.37. The fourth-order valence-electron chi connectivity index (χ4n) is 1.63. The van der Waals surface area contributed by atoms with Crippen molar-refractivity contribution in [3.05, 3.63) is 63.9 Å². The zero-order chi connectivity index (χ0) is 13.8. The number of primary amides is 1. The Hall–Kier alpha value is -1.88. The minimum atomic E-state index is -0.459. The molecule has 1 amide bonds. The summed E-state index contributed by atoms with van der Waals surface area (Å²) in [5.74, 6) is -0.733. The van der Waals surface area contributed by atoms with E-state index in [-0.39, 0.29) is 5.82 Å². The van der Waals surface area contributed by atoms with Gasteiger partial charge < -0.3 is 11.1 Å². The lowest BCUT2D eigenvalue weighted by Gasteiger charge is -2.08. The SMILES string of the molecule is NC(=O)c1ccc(NCc2cc(F)ccc2Br)cc1. The molecule has 2 aromatic carbocycles. The molecular weight excluding hydrogens is 311 g/mol. The van der Waals surface area contributed by atoms with Crippen molar-refractivity contribution < 1.29 is 9.18 Å². The summed E-state index contributed by atoms with van der Waals surface area (Å²) in [7, 11) is 0. The van der Waals surface area contributed by atoms with E-state index in [0.717, 1.165) is 15.7 Å². The standard InChI is InChI=1S/C14H12BrFN2O/c15-13-6-3-11(16)7-10(13)8-18-12-4-1-9(2-5-12)14(17)19/h1-7,18H,8H2,(H2,17,19). The Balaban J connectivity index is 2.06. The monoisotopic (exact) mass is 322 g/mol. The van der Waals surface area contributed by atoms with Crippen LogP contribution in [0, 0.1) is 5.82 Å². The van der Waals surface area contributed by atoms with E-state index in [1.54, 1.807) is 30.3 Å². The van der Waals surface area contributed by atoms with Gasteiger partial charge in [-0.1, -0.05) is 15.9 Å². The van der Waals surface area contributed by atoms with Crippen LogP contribution in [0.1, 0.15) is 15.9 Å². The third kappa shape index (κ3) is 3.54. The number of rotatable bonds is 4. The van der Waals surface area contributed by atoms with Crippen LogP contribution in [-0.2, 0) is 6.54 Å². The molecule has 5 heteroatoms. The molecule has 0 atom stereocenters. The van der Waals surface area contributed by atoms with Crippen molar-refractivity contribution in [2.45, 2.75) is 6.54 Å². The van der Waals surface area contributed by atoms with E-state index >= 15 is 0 Å². The number of amides is 1. The first kappa shape index (κ1) is 13.5. The molecule has 0 spiro atoms. The molecule has 2 aromatic rings. The van der Waals surface area contributed by atoms with Crippen LogP contribution in [0.2, 0.25) is 0 Å². The lowest BCUT2D eigenvalue weighted by atomic mass is 10.2. The summed E-state index contributed by atoms with van der Waals surface area (Å²) in [6.07, 6.45) is 0. The molecule has 3 nitrogen and oxygen atoms in total. The number of hydrogen-bond donors (Lipinski definition) is 2. The first-order chi connectivity index (χ1) is 9.06. The molecule has 0 fully saturated rings. The summed E-state index contributed by atoms with van der Waals surface area (Å²) in [4.78, 5) is 10.9. The van der Waals surface area contributed by atoms with Gasteiger partial charge in [-0.2, -0.15) is 0 Å². The Morgan fingerprint density at radius 3 is 2.53 bits per heavy atom. The largest absolute Gasteiger partial charge is 0.381 e. The van der Waals surface area contributed by atoms with Crippen LogP contribution < -0.4 is 11.1 Å². The third-order valence-corrected chi connectivity index (χ3v) is 3.43. The Kier molecular flexibility index (Phi) is 4.16. The average molecular weight is 323 g/mol. The zero-order valence-electron chi connectivity index (χ0n) is 9.99. The number of benzene rings is 2. The molecule has 0 saturated heterocycles. The summed E-state index contributed by atoms with van der Waals surface area (Å²) in [5, 5.41) is 3.15. The van der Waals surface area contributed by atoms with Gasteiger partial charge in [-0.15, -0.1) is 0 Å². The van der Waals surface area contributed by atoms with Crippen molar-refractivity contribution in [1.82, 2.24) is 0 Å². The van der Waals surface area contributed by atoms with E-state index in [4.69, 9.17) is 5.73 Å². The number of hydrogen-bond acceptors (Lipinski definition) is 2. The average Bonchev–Trinajstić information content (AvgIpc) is 2.40. The van der Waals surface area contributed by atoms with E-state index in [0.29, 0.717) is 12.1 Å². The quantitative estimate of drug-likeness (QED) is 0.907. The van der Waals surface area contributed by atoms with Crippen LogP contribution in [0.4, 0.5) is 10.1 Å². The van der Waals surface area contributed by atoms with Gasteiger partial charge in [0.15, 0.2) is 0 Å². The molecular formula is C14H12BrFN2O. The Morgan fingerprint density at radius 1 is 1.21 bits per heavy atom. The maximum absolute atomic E-state index is 13.1. The Labute approximate surface area is 118 Å². The Bertz CT molecular complexity index is 599. The van der Waals surface area contributed by atoms with Gasteiger partial charge in [0.05, 0.1) is 0 Å². The Morgan fingerprint density at radius 2 is 1.89 bits per heavy atom. The van der Waals surface area contributed by atoms with Crippen LogP contribution in [-0.4, -0.2) is 5.91 Å². The summed E-state index contributed by atoms with van der Waals surface area (Å²) < 4.78 is 14.0. The van der Waals surface area contributed by atoms with Gasteiger partial charge in [-0.05, 0) is 48.0 Å². The van der Waals surface area contributed by atoms with Crippen molar-refractivity contribution in [1.29, 1.82) is 0 Å². The molecule has 0 saturated carbocycles. The lowest BCUT2D eigenvalue weighted by molar-refractivity contribution is 0.100. The number of nitrogens with two attached hydrogens (primary N) is 1. The molecule has 0 bridgehead atoms. The smallest absolute Gasteiger partial charge is 0.248 e. The van der Waals surface area contributed by atoms with Crippen LogP contribution in [0.3, 0.4) is 0 Å².